The lowest BCUT2D eigenvalue weighted by Gasteiger charge is -2.07. The first kappa shape index (κ1) is 27.0. The Balaban J connectivity index is 0.00000103. The highest BCUT2D eigenvalue weighted by Gasteiger charge is 2.38. The third-order valence-electron chi connectivity index (χ3n) is 3.17. The number of hydrogen-bond donors (Lipinski definition) is 6. The molecule has 10 nitrogen and oxygen atoms in total. The number of aliphatic imine (C=N–C) groups is 1. The van der Waals surface area contributed by atoms with Crippen molar-refractivity contribution in [1.82, 2.24) is 5.32 Å². The molecule has 0 heterocycles. The Kier molecular flexibility index (Phi) is 11.9. The fourth-order valence-electron chi connectivity index (χ4n) is 1.76. The van der Waals surface area contributed by atoms with E-state index >= 15 is 0 Å². The summed E-state index contributed by atoms with van der Waals surface area (Å²) in [6, 6.07) is 4.80. The standard InChI is InChI=1S/C14H20BrN5O3.C2HF3O2/c15-10-7-9(3-4-12(10)21)8-11(20-23)13(22)18-5-1-2-6-19-14(16)17;3-2(4,5)1(6)7/h3-4,7,21,23H,1-2,5-6,8H2,(H,18,22)(H4,16,17,19);(H,6,7)/b20-11+;. The van der Waals surface area contributed by atoms with Crippen molar-refractivity contribution in [1.29, 1.82) is 0 Å². The van der Waals surface area contributed by atoms with E-state index in [2.05, 4.69) is 31.4 Å². The molecule has 1 aromatic carbocycles. The van der Waals surface area contributed by atoms with Gasteiger partial charge in [-0.05, 0) is 46.5 Å². The smallest absolute Gasteiger partial charge is 0.490 e. The molecule has 0 atom stereocenters. The molecule has 0 fully saturated rings. The minimum Gasteiger partial charge on any atom is -0.507 e. The minimum absolute atomic E-state index is 0.00758. The Labute approximate surface area is 177 Å². The van der Waals surface area contributed by atoms with Crippen LogP contribution in [0, 0.1) is 0 Å². The predicted octanol–water partition coefficient (Wildman–Crippen LogP) is 1.33. The van der Waals surface area contributed by atoms with Gasteiger partial charge in [-0.15, -0.1) is 0 Å². The number of guanidine groups is 1. The molecule has 0 aliphatic heterocycles. The third kappa shape index (κ3) is 11.7. The van der Waals surface area contributed by atoms with Crippen LogP contribution in [0.15, 0.2) is 32.8 Å². The molecule has 1 rings (SSSR count). The van der Waals surface area contributed by atoms with Crippen molar-refractivity contribution >= 4 is 39.5 Å². The van der Waals surface area contributed by atoms with Gasteiger partial charge in [-0.1, -0.05) is 11.2 Å². The van der Waals surface area contributed by atoms with Crippen LogP contribution in [0.25, 0.3) is 0 Å². The number of nitrogens with one attached hydrogen (secondary N) is 1. The number of unbranched alkanes of at least 4 members (excludes halogenated alkanes) is 1. The largest absolute Gasteiger partial charge is 0.507 e. The van der Waals surface area contributed by atoms with Crippen LogP contribution in [0.2, 0.25) is 0 Å². The fourth-order valence-corrected chi connectivity index (χ4v) is 2.19. The normalized spacial score (nSPS) is 11.1. The van der Waals surface area contributed by atoms with Crippen LogP contribution < -0.4 is 16.8 Å². The number of aromatic hydroxyl groups is 1. The number of carboxylic acid groups (broad SMARTS) is 1. The average Bonchev–Trinajstić information content (AvgIpc) is 2.64. The topological polar surface area (TPSA) is 184 Å². The lowest BCUT2D eigenvalue weighted by Crippen LogP contribution is -2.33. The molecule has 1 amide bonds. The van der Waals surface area contributed by atoms with Crippen LogP contribution in [-0.4, -0.2) is 58.2 Å². The highest BCUT2D eigenvalue weighted by molar-refractivity contribution is 9.10. The number of nitrogens with two attached hydrogens (primary N) is 2. The average molecular weight is 500 g/mol. The van der Waals surface area contributed by atoms with E-state index < -0.39 is 18.1 Å². The number of carbonyl (C=O) groups excluding carboxylic acids is 1. The Bertz CT molecular complexity index is 783. The number of alkyl halides is 3. The van der Waals surface area contributed by atoms with Gasteiger partial charge in [0.25, 0.3) is 5.91 Å². The number of amides is 1. The van der Waals surface area contributed by atoms with Gasteiger partial charge in [0.2, 0.25) is 0 Å². The molecule has 14 heteroatoms. The first-order chi connectivity index (χ1) is 13.9. The quantitative estimate of drug-likeness (QED) is 0.102. The summed E-state index contributed by atoms with van der Waals surface area (Å²) in [6.07, 6.45) is -3.50. The van der Waals surface area contributed by atoms with Gasteiger partial charge in [0.15, 0.2) is 5.96 Å². The van der Waals surface area contributed by atoms with E-state index in [0.717, 1.165) is 12.0 Å². The van der Waals surface area contributed by atoms with Crippen molar-refractivity contribution in [2.24, 2.45) is 21.6 Å². The predicted molar refractivity (Wildman–Crippen MR) is 105 cm³/mol. The van der Waals surface area contributed by atoms with Gasteiger partial charge in [0.1, 0.15) is 11.5 Å². The van der Waals surface area contributed by atoms with Crippen LogP contribution in [0.5, 0.6) is 5.75 Å². The number of aliphatic carboxylic acids is 1. The van der Waals surface area contributed by atoms with E-state index in [9.17, 15) is 23.1 Å². The number of rotatable bonds is 8. The highest BCUT2D eigenvalue weighted by Crippen LogP contribution is 2.24. The summed E-state index contributed by atoms with van der Waals surface area (Å²) in [6.45, 7) is 0.928. The lowest BCUT2D eigenvalue weighted by molar-refractivity contribution is -0.192. The Hall–Kier alpha value is -3.03. The van der Waals surface area contributed by atoms with E-state index in [1.807, 2.05) is 0 Å². The van der Waals surface area contributed by atoms with Gasteiger partial charge in [0, 0.05) is 19.5 Å². The van der Waals surface area contributed by atoms with Gasteiger partial charge in [-0.3, -0.25) is 9.79 Å². The Morgan fingerprint density at radius 3 is 2.27 bits per heavy atom. The molecule has 168 valence electrons. The SMILES string of the molecule is NC(N)=NCCCCNC(=O)/C(Cc1ccc(O)c(Br)c1)=N/O.O=C(O)C(F)(F)F. The van der Waals surface area contributed by atoms with Crippen molar-refractivity contribution in [3.63, 3.8) is 0 Å². The number of phenols is 1. The summed E-state index contributed by atoms with van der Waals surface area (Å²) in [5.41, 5.74) is 11.1. The van der Waals surface area contributed by atoms with Crippen molar-refractivity contribution in [3.8, 4) is 5.75 Å². The number of oxime groups is 1. The van der Waals surface area contributed by atoms with Crippen molar-refractivity contribution < 1.29 is 38.2 Å². The molecular formula is C16H21BrF3N5O5. The summed E-state index contributed by atoms with van der Waals surface area (Å²) in [7, 11) is 0. The maximum Gasteiger partial charge on any atom is 0.490 e. The maximum absolute atomic E-state index is 11.9. The molecule has 0 saturated heterocycles. The molecule has 8 N–H and O–H groups in total. The molecule has 0 spiro atoms. The van der Waals surface area contributed by atoms with Crippen LogP contribution in [-0.2, 0) is 16.0 Å². The number of carboxylic acids is 1. The Morgan fingerprint density at radius 1 is 1.20 bits per heavy atom. The number of benzene rings is 1. The summed E-state index contributed by atoms with van der Waals surface area (Å²) in [5, 5.41) is 31.3. The van der Waals surface area contributed by atoms with Crippen LogP contribution >= 0.6 is 15.9 Å². The second-order valence-corrected chi connectivity index (χ2v) is 6.44. The first-order valence-electron chi connectivity index (χ1n) is 8.20. The van der Waals surface area contributed by atoms with E-state index in [1.165, 1.54) is 6.07 Å². The summed E-state index contributed by atoms with van der Waals surface area (Å²) < 4.78 is 32.2. The molecule has 0 aliphatic carbocycles. The zero-order valence-corrected chi connectivity index (χ0v) is 17.1. The summed E-state index contributed by atoms with van der Waals surface area (Å²) >= 11 is 3.19. The third-order valence-corrected chi connectivity index (χ3v) is 3.81. The van der Waals surface area contributed by atoms with Crippen molar-refractivity contribution in [2.45, 2.75) is 25.4 Å². The highest BCUT2D eigenvalue weighted by atomic mass is 79.9. The van der Waals surface area contributed by atoms with E-state index in [-0.39, 0.29) is 23.8 Å². The van der Waals surface area contributed by atoms with E-state index in [0.29, 0.717) is 24.0 Å². The monoisotopic (exact) mass is 499 g/mol. The fraction of sp³-hybridized carbons (Fsp3) is 0.375. The molecule has 0 bridgehead atoms. The number of carbonyl (C=O) groups is 2. The number of phenolic OH excluding ortho intramolecular Hbond substituents is 1. The van der Waals surface area contributed by atoms with Gasteiger partial charge in [-0.2, -0.15) is 13.2 Å². The molecule has 0 aromatic heterocycles. The van der Waals surface area contributed by atoms with E-state index in [4.69, 9.17) is 26.6 Å². The maximum atomic E-state index is 11.9. The van der Waals surface area contributed by atoms with Gasteiger partial charge >= 0.3 is 12.1 Å². The molecule has 0 unspecified atom stereocenters. The van der Waals surface area contributed by atoms with Crippen molar-refractivity contribution in [2.75, 3.05) is 13.1 Å². The number of hydrogen-bond acceptors (Lipinski definition) is 6. The molecular weight excluding hydrogens is 479 g/mol. The summed E-state index contributed by atoms with van der Waals surface area (Å²) in [5.74, 6) is -3.06. The molecule has 0 radical (unpaired) electrons. The van der Waals surface area contributed by atoms with Gasteiger partial charge in [0.05, 0.1) is 4.47 Å². The molecule has 30 heavy (non-hydrogen) atoms. The van der Waals surface area contributed by atoms with E-state index in [1.54, 1.807) is 12.1 Å². The molecule has 0 aliphatic rings. The number of nitrogens with zero attached hydrogens (tertiary/aromatic N) is 2. The second kappa shape index (κ2) is 13.2. The van der Waals surface area contributed by atoms with Crippen molar-refractivity contribution in [3.05, 3.63) is 28.2 Å². The van der Waals surface area contributed by atoms with Crippen LogP contribution in [0.3, 0.4) is 0 Å². The lowest BCUT2D eigenvalue weighted by atomic mass is 10.1. The van der Waals surface area contributed by atoms with Gasteiger partial charge < -0.3 is 32.2 Å². The Morgan fingerprint density at radius 2 is 1.80 bits per heavy atom. The second-order valence-electron chi connectivity index (χ2n) is 5.58. The van der Waals surface area contributed by atoms with Crippen LogP contribution in [0.1, 0.15) is 18.4 Å². The summed E-state index contributed by atoms with van der Waals surface area (Å²) in [4.78, 5) is 24.7. The zero-order chi connectivity index (χ0) is 23.3. The minimum atomic E-state index is -5.08. The van der Waals surface area contributed by atoms with Gasteiger partial charge in [-0.25, -0.2) is 4.79 Å². The first-order valence-corrected chi connectivity index (χ1v) is 8.99. The zero-order valence-electron chi connectivity index (χ0n) is 15.5. The molecule has 1 aromatic rings. The molecule has 0 saturated carbocycles. The van der Waals surface area contributed by atoms with Crippen LogP contribution in [0.4, 0.5) is 13.2 Å². The number of halogens is 4.